The largest absolute Gasteiger partial charge is 0.370 e. The van der Waals surface area contributed by atoms with Gasteiger partial charge in [0.1, 0.15) is 0 Å². The first-order chi connectivity index (χ1) is 5.68. The molecule has 0 aliphatic rings. The molecule has 1 radical (unpaired) electrons. The van der Waals surface area contributed by atoms with Crippen LogP contribution >= 0.6 is 0 Å². The number of pyridine rings is 1. The first kappa shape index (κ1) is 8.71. The normalized spacial score (nSPS) is 9.75. The Hall–Kier alpha value is -1.38. The minimum absolute atomic E-state index is 0.269. The molecule has 1 heterocycles. The van der Waals surface area contributed by atoms with Gasteiger partial charge in [0.25, 0.3) is 0 Å². The number of nitrogens with two attached hydrogens (primary N) is 1. The fourth-order valence-corrected chi connectivity index (χ4v) is 0.818. The van der Waals surface area contributed by atoms with Crippen molar-refractivity contribution in [2.75, 3.05) is 0 Å². The third kappa shape index (κ3) is 2.70. The van der Waals surface area contributed by atoms with Crippen LogP contribution in [0.15, 0.2) is 18.3 Å². The van der Waals surface area contributed by atoms with E-state index in [4.69, 9.17) is 5.73 Å². The summed E-state index contributed by atoms with van der Waals surface area (Å²) in [6.45, 7) is 1.91. The highest BCUT2D eigenvalue weighted by Crippen LogP contribution is 2.04. The van der Waals surface area contributed by atoms with Gasteiger partial charge in [0, 0.05) is 24.7 Å². The molecule has 0 aliphatic carbocycles. The number of hydrogen-bond donors (Lipinski definition) is 1. The molecule has 0 fully saturated rings. The molecule has 1 rings (SSSR count). The van der Waals surface area contributed by atoms with Crippen LogP contribution in [0.4, 0.5) is 0 Å². The van der Waals surface area contributed by atoms with E-state index in [1.807, 2.05) is 19.1 Å². The van der Waals surface area contributed by atoms with Crippen molar-refractivity contribution in [3.8, 4) is 0 Å². The number of rotatable bonds is 3. The van der Waals surface area contributed by atoms with Gasteiger partial charge in [0.05, 0.1) is 0 Å². The van der Waals surface area contributed by atoms with Crippen molar-refractivity contribution in [2.24, 2.45) is 5.73 Å². The van der Waals surface area contributed by atoms with Gasteiger partial charge in [0.2, 0.25) is 5.91 Å². The first-order valence-corrected chi connectivity index (χ1v) is 3.72. The molecular formula is C9H11N2O. The summed E-state index contributed by atoms with van der Waals surface area (Å²) in [5.74, 6) is -0.324. The Balaban J connectivity index is 2.53. The first-order valence-electron chi connectivity index (χ1n) is 3.72. The fraction of sp³-hybridized carbons (Fsp3) is 0.222. The Labute approximate surface area is 71.6 Å². The molecule has 3 heteroatoms. The third-order valence-corrected chi connectivity index (χ3v) is 1.47. The summed E-state index contributed by atoms with van der Waals surface area (Å²) in [5.41, 5.74) is 6.87. The van der Waals surface area contributed by atoms with Crippen molar-refractivity contribution in [1.82, 2.24) is 4.98 Å². The van der Waals surface area contributed by atoms with E-state index in [0.29, 0.717) is 0 Å². The lowest BCUT2D eigenvalue weighted by molar-refractivity contribution is -0.117. The monoisotopic (exact) mass is 163 g/mol. The lowest BCUT2D eigenvalue weighted by atomic mass is 10.1. The summed E-state index contributed by atoms with van der Waals surface area (Å²) in [4.78, 5) is 14.5. The SMILES string of the molecule is Cc1ccc([CH]CC(N)=O)cn1. The van der Waals surface area contributed by atoms with Gasteiger partial charge in [-0.15, -0.1) is 0 Å². The van der Waals surface area contributed by atoms with E-state index in [1.165, 1.54) is 0 Å². The van der Waals surface area contributed by atoms with Crippen LogP contribution in [0.3, 0.4) is 0 Å². The van der Waals surface area contributed by atoms with Gasteiger partial charge in [-0.3, -0.25) is 9.78 Å². The molecule has 0 aliphatic heterocycles. The molecule has 1 amide bonds. The van der Waals surface area contributed by atoms with E-state index in [2.05, 4.69) is 4.98 Å². The minimum atomic E-state index is -0.324. The van der Waals surface area contributed by atoms with Crippen LogP contribution in [0.1, 0.15) is 17.7 Å². The molecule has 3 nitrogen and oxygen atoms in total. The summed E-state index contributed by atoms with van der Waals surface area (Å²) in [7, 11) is 0. The van der Waals surface area contributed by atoms with Gasteiger partial charge in [0.15, 0.2) is 0 Å². The van der Waals surface area contributed by atoms with E-state index in [9.17, 15) is 4.79 Å². The number of primary amides is 1. The Morgan fingerprint density at radius 1 is 1.67 bits per heavy atom. The molecule has 1 aromatic heterocycles. The molecule has 0 spiro atoms. The summed E-state index contributed by atoms with van der Waals surface area (Å²) in [6, 6.07) is 3.80. The molecule has 0 unspecified atom stereocenters. The maximum atomic E-state index is 10.4. The molecule has 63 valence electrons. The van der Waals surface area contributed by atoms with Crippen LogP contribution in [0.25, 0.3) is 0 Å². The summed E-state index contributed by atoms with van der Waals surface area (Å²) in [6.07, 6.45) is 3.75. The maximum Gasteiger partial charge on any atom is 0.218 e. The van der Waals surface area contributed by atoms with Crippen molar-refractivity contribution in [1.29, 1.82) is 0 Å². The Bertz CT molecular complexity index is 266. The third-order valence-electron chi connectivity index (χ3n) is 1.47. The zero-order valence-corrected chi connectivity index (χ0v) is 6.95. The van der Waals surface area contributed by atoms with Gasteiger partial charge in [-0.2, -0.15) is 0 Å². The van der Waals surface area contributed by atoms with Gasteiger partial charge in [-0.05, 0) is 18.6 Å². The van der Waals surface area contributed by atoms with E-state index >= 15 is 0 Å². The Morgan fingerprint density at radius 3 is 2.92 bits per heavy atom. The van der Waals surface area contributed by atoms with Crippen molar-refractivity contribution in [3.63, 3.8) is 0 Å². The molecule has 2 N–H and O–H groups in total. The van der Waals surface area contributed by atoms with E-state index in [1.54, 1.807) is 12.6 Å². The predicted molar refractivity (Wildman–Crippen MR) is 46.2 cm³/mol. The quantitative estimate of drug-likeness (QED) is 0.717. The fourth-order valence-electron chi connectivity index (χ4n) is 0.818. The topological polar surface area (TPSA) is 56.0 Å². The number of aryl methyl sites for hydroxylation is 1. The van der Waals surface area contributed by atoms with Crippen LogP contribution in [-0.2, 0) is 4.79 Å². The Morgan fingerprint density at radius 2 is 2.42 bits per heavy atom. The lowest BCUT2D eigenvalue weighted by Crippen LogP contribution is -2.10. The zero-order chi connectivity index (χ0) is 8.97. The van der Waals surface area contributed by atoms with Crippen LogP contribution in [0.2, 0.25) is 0 Å². The molecular weight excluding hydrogens is 152 g/mol. The standard InChI is InChI=1S/C9H11N2O/c1-7-2-3-8(6-11-7)4-5-9(10)12/h2-4,6H,5H2,1H3,(H2,10,12). The molecule has 0 bridgehead atoms. The van der Waals surface area contributed by atoms with Crippen molar-refractivity contribution < 1.29 is 4.79 Å². The van der Waals surface area contributed by atoms with Gasteiger partial charge < -0.3 is 5.73 Å². The number of amides is 1. The highest BCUT2D eigenvalue weighted by Gasteiger charge is 1.97. The highest BCUT2D eigenvalue weighted by atomic mass is 16.1. The molecule has 0 aromatic carbocycles. The average molecular weight is 163 g/mol. The number of hydrogen-bond acceptors (Lipinski definition) is 2. The van der Waals surface area contributed by atoms with Crippen LogP contribution in [0.5, 0.6) is 0 Å². The van der Waals surface area contributed by atoms with Gasteiger partial charge >= 0.3 is 0 Å². The summed E-state index contributed by atoms with van der Waals surface area (Å²) >= 11 is 0. The van der Waals surface area contributed by atoms with E-state index in [0.717, 1.165) is 11.3 Å². The van der Waals surface area contributed by atoms with Crippen LogP contribution in [-0.4, -0.2) is 10.9 Å². The van der Waals surface area contributed by atoms with Crippen molar-refractivity contribution in [2.45, 2.75) is 13.3 Å². The minimum Gasteiger partial charge on any atom is -0.370 e. The molecule has 0 saturated carbocycles. The maximum absolute atomic E-state index is 10.4. The highest BCUT2D eigenvalue weighted by molar-refractivity contribution is 5.75. The van der Waals surface area contributed by atoms with Crippen molar-refractivity contribution >= 4 is 5.91 Å². The molecule has 0 saturated heterocycles. The molecule has 1 aromatic rings. The second-order valence-corrected chi connectivity index (χ2v) is 2.61. The summed E-state index contributed by atoms with van der Waals surface area (Å²) in [5, 5.41) is 0. The average Bonchev–Trinajstić information content (AvgIpc) is 2.03. The Kier molecular flexibility index (Phi) is 2.80. The predicted octanol–water partition coefficient (Wildman–Crippen LogP) is 0.818. The number of carbonyl (C=O) groups excluding carboxylic acids is 1. The van der Waals surface area contributed by atoms with E-state index < -0.39 is 0 Å². The van der Waals surface area contributed by atoms with Crippen LogP contribution < -0.4 is 5.73 Å². The molecule has 12 heavy (non-hydrogen) atoms. The zero-order valence-electron chi connectivity index (χ0n) is 6.95. The smallest absolute Gasteiger partial charge is 0.218 e. The second kappa shape index (κ2) is 3.85. The number of aromatic nitrogens is 1. The summed E-state index contributed by atoms with van der Waals surface area (Å²) < 4.78 is 0. The van der Waals surface area contributed by atoms with Crippen molar-refractivity contribution in [3.05, 3.63) is 36.0 Å². The van der Waals surface area contributed by atoms with Gasteiger partial charge in [-0.25, -0.2) is 0 Å². The lowest BCUT2D eigenvalue weighted by Gasteiger charge is -1.97. The second-order valence-electron chi connectivity index (χ2n) is 2.61. The van der Waals surface area contributed by atoms with E-state index in [-0.39, 0.29) is 12.3 Å². The van der Waals surface area contributed by atoms with Crippen LogP contribution in [0, 0.1) is 13.3 Å². The number of nitrogens with zero attached hydrogens (tertiary/aromatic N) is 1. The molecule has 0 atom stereocenters. The number of carbonyl (C=O) groups is 1. The van der Waals surface area contributed by atoms with Gasteiger partial charge in [-0.1, -0.05) is 6.07 Å².